The lowest BCUT2D eigenvalue weighted by atomic mass is 10.0. The minimum atomic E-state index is -0.0987. The number of hydrogen-bond acceptors (Lipinski definition) is 5. The minimum Gasteiger partial charge on any atom is -0.336 e. The molecular weight excluding hydrogens is 246 g/mol. The van der Waals surface area contributed by atoms with Crippen LogP contribution in [0.4, 0.5) is 0 Å². The van der Waals surface area contributed by atoms with Crippen molar-refractivity contribution in [2.75, 3.05) is 13.1 Å². The molecule has 1 fully saturated rings. The van der Waals surface area contributed by atoms with Crippen LogP contribution in [-0.2, 0) is 0 Å². The predicted molar refractivity (Wildman–Crippen MR) is 65.6 cm³/mol. The molecule has 2 aromatic rings. The van der Waals surface area contributed by atoms with Gasteiger partial charge in [0.25, 0.3) is 11.9 Å². The van der Waals surface area contributed by atoms with Crippen LogP contribution >= 0.6 is 0 Å². The molecule has 100 valence electrons. The van der Waals surface area contributed by atoms with E-state index in [9.17, 15) is 4.79 Å². The van der Waals surface area contributed by atoms with Crippen LogP contribution in [-0.4, -0.2) is 53.8 Å². The van der Waals surface area contributed by atoms with E-state index in [0.29, 0.717) is 11.9 Å². The third-order valence-corrected chi connectivity index (χ3v) is 3.27. The maximum atomic E-state index is 12.3. The van der Waals surface area contributed by atoms with Gasteiger partial charge < -0.3 is 4.90 Å². The molecular formula is C11H15N7O. The number of aromatic amines is 1. The molecule has 0 spiro atoms. The molecule has 3 rings (SSSR count). The van der Waals surface area contributed by atoms with Crippen molar-refractivity contribution in [1.29, 1.82) is 0 Å². The minimum absolute atomic E-state index is 0.0987. The van der Waals surface area contributed by atoms with Gasteiger partial charge in [-0.15, -0.1) is 15.3 Å². The fourth-order valence-electron chi connectivity index (χ4n) is 2.29. The normalized spacial score (nSPS) is 19.6. The number of H-pyrrole nitrogens is 1. The average molecular weight is 261 g/mol. The number of nitrogens with zero attached hydrogens (tertiary/aromatic N) is 6. The Bertz CT molecular complexity index is 561. The van der Waals surface area contributed by atoms with Crippen LogP contribution in [0, 0.1) is 5.92 Å². The zero-order valence-corrected chi connectivity index (χ0v) is 10.7. The maximum Gasteiger partial charge on any atom is 0.291 e. The van der Waals surface area contributed by atoms with Crippen molar-refractivity contribution in [2.24, 2.45) is 5.92 Å². The lowest BCUT2D eigenvalue weighted by molar-refractivity contribution is 0.0671. The second-order valence-corrected chi connectivity index (χ2v) is 4.85. The number of rotatable bonds is 2. The molecule has 1 amide bonds. The van der Waals surface area contributed by atoms with E-state index in [-0.39, 0.29) is 11.7 Å². The molecule has 1 unspecified atom stereocenters. The number of piperidine rings is 1. The van der Waals surface area contributed by atoms with Crippen LogP contribution in [0.2, 0.25) is 0 Å². The second kappa shape index (κ2) is 4.79. The van der Waals surface area contributed by atoms with E-state index in [1.54, 1.807) is 4.57 Å². The fourth-order valence-corrected chi connectivity index (χ4v) is 2.29. The lowest BCUT2D eigenvalue weighted by Gasteiger charge is -2.30. The van der Waals surface area contributed by atoms with Gasteiger partial charge in [0.2, 0.25) is 5.82 Å². The number of aromatic nitrogens is 6. The van der Waals surface area contributed by atoms with Gasteiger partial charge in [-0.25, -0.2) is 0 Å². The van der Waals surface area contributed by atoms with Gasteiger partial charge in [-0.1, -0.05) is 6.92 Å². The molecule has 0 bridgehead atoms. The van der Waals surface area contributed by atoms with Crippen molar-refractivity contribution in [1.82, 2.24) is 34.8 Å². The SMILES string of the molecule is CC1CCCN(C(=O)c2nc(-n3cnnc3)n[nH]2)C1. The van der Waals surface area contributed by atoms with Gasteiger partial charge in [0, 0.05) is 13.1 Å². The van der Waals surface area contributed by atoms with E-state index in [0.717, 1.165) is 19.5 Å². The van der Waals surface area contributed by atoms with E-state index < -0.39 is 0 Å². The zero-order chi connectivity index (χ0) is 13.2. The first kappa shape index (κ1) is 11.8. The van der Waals surface area contributed by atoms with E-state index in [1.807, 2.05) is 4.90 Å². The van der Waals surface area contributed by atoms with Gasteiger partial charge in [-0.3, -0.25) is 14.5 Å². The molecule has 8 heteroatoms. The third kappa shape index (κ3) is 2.33. The molecule has 0 saturated carbocycles. The Balaban J connectivity index is 1.77. The monoisotopic (exact) mass is 261 g/mol. The van der Waals surface area contributed by atoms with Gasteiger partial charge in [-0.05, 0) is 18.8 Å². The molecule has 0 aliphatic carbocycles. The molecule has 19 heavy (non-hydrogen) atoms. The van der Waals surface area contributed by atoms with Gasteiger partial charge in [-0.2, -0.15) is 4.98 Å². The van der Waals surface area contributed by atoms with Crippen molar-refractivity contribution >= 4 is 5.91 Å². The summed E-state index contributed by atoms with van der Waals surface area (Å²) in [6, 6.07) is 0. The van der Waals surface area contributed by atoms with Crippen molar-refractivity contribution in [3.8, 4) is 5.95 Å². The van der Waals surface area contributed by atoms with Crippen LogP contribution in [0.3, 0.4) is 0 Å². The largest absolute Gasteiger partial charge is 0.336 e. The Morgan fingerprint density at radius 1 is 1.42 bits per heavy atom. The van der Waals surface area contributed by atoms with E-state index in [4.69, 9.17) is 0 Å². The van der Waals surface area contributed by atoms with Crippen LogP contribution in [0.5, 0.6) is 0 Å². The van der Waals surface area contributed by atoms with Crippen LogP contribution in [0.25, 0.3) is 5.95 Å². The molecule has 0 aromatic carbocycles. The molecule has 1 N–H and O–H groups in total. The number of likely N-dealkylation sites (tertiary alicyclic amines) is 1. The summed E-state index contributed by atoms with van der Waals surface area (Å²) in [5.41, 5.74) is 0. The number of nitrogens with one attached hydrogen (secondary N) is 1. The second-order valence-electron chi connectivity index (χ2n) is 4.85. The maximum absolute atomic E-state index is 12.3. The molecule has 0 radical (unpaired) electrons. The average Bonchev–Trinajstić information content (AvgIpc) is 3.08. The van der Waals surface area contributed by atoms with Gasteiger partial charge in [0.1, 0.15) is 12.7 Å². The van der Waals surface area contributed by atoms with Gasteiger partial charge >= 0.3 is 0 Å². The smallest absolute Gasteiger partial charge is 0.291 e. The summed E-state index contributed by atoms with van der Waals surface area (Å²) in [6.07, 6.45) is 5.19. The van der Waals surface area contributed by atoms with Crippen LogP contribution in [0.15, 0.2) is 12.7 Å². The first-order valence-corrected chi connectivity index (χ1v) is 6.30. The first-order chi connectivity index (χ1) is 9.24. The van der Waals surface area contributed by atoms with Crippen molar-refractivity contribution in [2.45, 2.75) is 19.8 Å². The summed E-state index contributed by atoms with van der Waals surface area (Å²) in [7, 11) is 0. The Hall–Kier alpha value is -2.25. The van der Waals surface area contributed by atoms with Crippen LogP contribution in [0.1, 0.15) is 30.4 Å². The first-order valence-electron chi connectivity index (χ1n) is 6.30. The predicted octanol–water partition coefficient (Wildman–Crippen LogP) is 0.257. The highest BCUT2D eigenvalue weighted by Crippen LogP contribution is 2.16. The van der Waals surface area contributed by atoms with E-state index in [2.05, 4.69) is 32.3 Å². The van der Waals surface area contributed by atoms with E-state index >= 15 is 0 Å². The highest BCUT2D eigenvalue weighted by Gasteiger charge is 2.24. The van der Waals surface area contributed by atoms with Gasteiger partial charge in [0.15, 0.2) is 0 Å². The molecule has 3 heterocycles. The van der Waals surface area contributed by atoms with Crippen molar-refractivity contribution in [3.05, 3.63) is 18.5 Å². The Morgan fingerprint density at radius 2 is 2.21 bits per heavy atom. The molecule has 1 aliphatic rings. The molecule has 8 nitrogen and oxygen atoms in total. The molecule has 1 aliphatic heterocycles. The lowest BCUT2D eigenvalue weighted by Crippen LogP contribution is -2.39. The molecule has 2 aromatic heterocycles. The van der Waals surface area contributed by atoms with Crippen molar-refractivity contribution < 1.29 is 4.79 Å². The Labute approximate surface area is 109 Å². The fraction of sp³-hybridized carbons (Fsp3) is 0.545. The number of carbonyl (C=O) groups excluding carboxylic acids is 1. The summed E-state index contributed by atoms with van der Waals surface area (Å²) in [5, 5.41) is 14.0. The summed E-state index contributed by atoms with van der Waals surface area (Å²) >= 11 is 0. The molecule has 1 saturated heterocycles. The molecule has 1 atom stereocenters. The highest BCUT2D eigenvalue weighted by atomic mass is 16.2. The third-order valence-electron chi connectivity index (χ3n) is 3.27. The number of carbonyl (C=O) groups is 1. The quantitative estimate of drug-likeness (QED) is 0.837. The zero-order valence-electron chi connectivity index (χ0n) is 10.7. The number of hydrogen-bond donors (Lipinski definition) is 1. The standard InChI is InChI=1S/C11H15N7O/c1-8-3-2-4-17(5-8)10(19)9-14-11(16-15-9)18-6-12-13-7-18/h6-8H,2-5H2,1H3,(H,14,15,16). The summed E-state index contributed by atoms with van der Waals surface area (Å²) in [6.45, 7) is 3.72. The Morgan fingerprint density at radius 3 is 2.95 bits per heavy atom. The number of amides is 1. The Kier molecular flexibility index (Phi) is 2.98. The van der Waals surface area contributed by atoms with Gasteiger partial charge in [0.05, 0.1) is 0 Å². The van der Waals surface area contributed by atoms with Crippen molar-refractivity contribution in [3.63, 3.8) is 0 Å². The summed E-state index contributed by atoms with van der Waals surface area (Å²) in [5.74, 6) is 1.08. The highest BCUT2D eigenvalue weighted by molar-refractivity contribution is 5.90. The van der Waals surface area contributed by atoms with Crippen LogP contribution < -0.4 is 0 Å². The van der Waals surface area contributed by atoms with E-state index in [1.165, 1.54) is 19.1 Å². The summed E-state index contributed by atoms with van der Waals surface area (Å²) in [4.78, 5) is 18.3. The topological polar surface area (TPSA) is 92.6 Å². The summed E-state index contributed by atoms with van der Waals surface area (Å²) < 4.78 is 1.55.